The highest BCUT2D eigenvalue weighted by molar-refractivity contribution is 6.46. The minimum Gasteiger partial charge on any atom is -0.409 e. The molecule has 6 nitrogen and oxygen atoms in total. The van der Waals surface area contributed by atoms with Crippen LogP contribution in [-0.4, -0.2) is 23.4 Å². The molecule has 3 N–H and O–H groups in total. The number of nitrogens with zero attached hydrogens (tertiary/aromatic N) is 3. The lowest BCUT2D eigenvalue weighted by molar-refractivity contribution is 0.0778. The Balaban J connectivity index is 4.30. The molecule has 0 saturated carbocycles. The van der Waals surface area contributed by atoms with Crippen molar-refractivity contribution in [2.45, 2.75) is 20.8 Å². The summed E-state index contributed by atoms with van der Waals surface area (Å²) in [5.41, 5.74) is 4.84. The van der Waals surface area contributed by atoms with Crippen molar-refractivity contribution in [3.63, 3.8) is 0 Å². The fraction of sp³-hybridized carbons (Fsp3) is 0.625. The zero-order chi connectivity index (χ0) is 11.2. The number of nitriles is 1. The van der Waals surface area contributed by atoms with E-state index >= 15 is 0 Å². The van der Waals surface area contributed by atoms with Crippen LogP contribution >= 0.6 is 0 Å². The predicted octanol–water partition coefficient (Wildman–Crippen LogP) is 0.675. The lowest BCUT2D eigenvalue weighted by atomic mass is 9.99. The molecule has 0 atom stereocenters. The van der Waals surface area contributed by atoms with Crippen LogP contribution in [0.4, 0.5) is 0 Å². The van der Waals surface area contributed by atoms with Crippen molar-refractivity contribution in [2.75, 3.05) is 6.61 Å². The number of nitrogens with two attached hydrogens (primary N) is 1. The lowest BCUT2D eigenvalue weighted by Gasteiger charge is -2.15. The Morgan fingerprint density at radius 2 is 2.14 bits per heavy atom. The fourth-order valence-corrected chi connectivity index (χ4v) is 0.462. The predicted molar refractivity (Wildman–Crippen MR) is 51.9 cm³/mol. The van der Waals surface area contributed by atoms with Crippen molar-refractivity contribution in [3.8, 4) is 6.07 Å². The number of rotatable bonds is 3. The smallest absolute Gasteiger partial charge is 0.224 e. The molecule has 0 aliphatic rings. The molecule has 0 radical (unpaired) electrons. The zero-order valence-electron chi connectivity index (χ0n) is 8.48. The van der Waals surface area contributed by atoms with Crippen LogP contribution in [0.25, 0.3) is 0 Å². The number of oxime groups is 2. The molecule has 0 aromatic heterocycles. The van der Waals surface area contributed by atoms with E-state index in [1.54, 1.807) is 6.07 Å². The van der Waals surface area contributed by atoms with Gasteiger partial charge in [-0.15, -0.1) is 0 Å². The van der Waals surface area contributed by atoms with E-state index in [-0.39, 0.29) is 17.0 Å². The fourth-order valence-electron chi connectivity index (χ4n) is 0.462. The SMILES string of the molecule is CC(C)(C)CO/N=C(C#N)\C(N)=N/O. The molecule has 0 bridgehead atoms. The average Bonchev–Trinajstić information content (AvgIpc) is 2.09. The number of hydrogen-bond acceptors (Lipinski definition) is 5. The van der Waals surface area contributed by atoms with Crippen molar-refractivity contribution in [1.82, 2.24) is 0 Å². The maximum atomic E-state index is 8.52. The van der Waals surface area contributed by atoms with Gasteiger partial charge in [-0.1, -0.05) is 31.1 Å². The van der Waals surface area contributed by atoms with Crippen molar-refractivity contribution >= 4 is 11.5 Å². The van der Waals surface area contributed by atoms with E-state index in [4.69, 9.17) is 21.0 Å². The van der Waals surface area contributed by atoms with Gasteiger partial charge in [0.25, 0.3) is 0 Å². The largest absolute Gasteiger partial charge is 0.409 e. The topological polar surface area (TPSA) is 104 Å². The van der Waals surface area contributed by atoms with Gasteiger partial charge in [-0.2, -0.15) is 5.26 Å². The van der Waals surface area contributed by atoms with Gasteiger partial charge in [-0.05, 0) is 5.41 Å². The Morgan fingerprint density at radius 3 is 2.50 bits per heavy atom. The summed E-state index contributed by atoms with van der Waals surface area (Å²) < 4.78 is 0. The molecule has 0 unspecified atom stereocenters. The van der Waals surface area contributed by atoms with Gasteiger partial charge in [0, 0.05) is 0 Å². The molecule has 0 spiro atoms. The van der Waals surface area contributed by atoms with Crippen molar-refractivity contribution in [3.05, 3.63) is 0 Å². The summed E-state index contributed by atoms with van der Waals surface area (Å²) in [4.78, 5) is 4.87. The molecule has 0 rings (SSSR count). The third kappa shape index (κ3) is 4.98. The van der Waals surface area contributed by atoms with E-state index in [1.807, 2.05) is 20.8 Å². The van der Waals surface area contributed by atoms with Gasteiger partial charge in [0.1, 0.15) is 12.7 Å². The average molecular weight is 198 g/mol. The van der Waals surface area contributed by atoms with Crippen molar-refractivity contribution in [1.29, 1.82) is 5.26 Å². The quantitative estimate of drug-likeness (QED) is 0.301. The molecule has 0 aromatic rings. The second-order valence-electron chi connectivity index (χ2n) is 3.87. The van der Waals surface area contributed by atoms with Crippen LogP contribution in [-0.2, 0) is 4.84 Å². The van der Waals surface area contributed by atoms with E-state index in [2.05, 4.69) is 10.3 Å². The van der Waals surface area contributed by atoms with Crippen LogP contribution in [0.3, 0.4) is 0 Å². The third-order valence-electron chi connectivity index (χ3n) is 1.11. The molecular formula is C8H14N4O2. The monoisotopic (exact) mass is 198 g/mol. The second-order valence-corrected chi connectivity index (χ2v) is 3.87. The molecular weight excluding hydrogens is 184 g/mol. The van der Waals surface area contributed by atoms with Gasteiger partial charge < -0.3 is 15.8 Å². The van der Waals surface area contributed by atoms with E-state index in [0.717, 1.165) is 0 Å². The van der Waals surface area contributed by atoms with Gasteiger partial charge in [0.15, 0.2) is 0 Å². The van der Waals surface area contributed by atoms with Crippen LogP contribution in [0.1, 0.15) is 20.8 Å². The van der Waals surface area contributed by atoms with Crippen LogP contribution in [0, 0.1) is 16.7 Å². The first-order valence-electron chi connectivity index (χ1n) is 3.98. The summed E-state index contributed by atoms with van der Waals surface area (Å²) in [5, 5.41) is 22.9. The Morgan fingerprint density at radius 1 is 1.57 bits per heavy atom. The molecule has 0 saturated heterocycles. The highest BCUT2D eigenvalue weighted by atomic mass is 16.6. The lowest BCUT2D eigenvalue weighted by Crippen LogP contribution is -2.23. The standard InChI is InChI=1S/C8H14N4O2/c1-8(2,3)5-14-12-6(4-9)7(10)11-13/h13H,5H2,1-3H3,(H2,10,11)/b12-6-. The summed E-state index contributed by atoms with van der Waals surface area (Å²) in [7, 11) is 0. The molecule has 14 heavy (non-hydrogen) atoms. The van der Waals surface area contributed by atoms with E-state index in [1.165, 1.54) is 0 Å². The van der Waals surface area contributed by atoms with Crippen LogP contribution < -0.4 is 5.73 Å². The first-order chi connectivity index (χ1) is 6.40. The van der Waals surface area contributed by atoms with Crippen molar-refractivity contribution < 1.29 is 10.0 Å². The molecule has 0 fully saturated rings. The van der Waals surface area contributed by atoms with Gasteiger partial charge in [0.2, 0.25) is 11.5 Å². The first kappa shape index (κ1) is 12.2. The van der Waals surface area contributed by atoms with E-state index < -0.39 is 0 Å². The summed E-state index contributed by atoms with van der Waals surface area (Å²) >= 11 is 0. The normalized spacial score (nSPS) is 13.6. The number of hydrogen-bond donors (Lipinski definition) is 2. The zero-order valence-corrected chi connectivity index (χ0v) is 8.48. The first-order valence-corrected chi connectivity index (χ1v) is 3.98. The highest BCUT2D eigenvalue weighted by Crippen LogP contribution is 2.12. The van der Waals surface area contributed by atoms with Gasteiger partial charge in [-0.3, -0.25) is 0 Å². The summed E-state index contributed by atoms with van der Waals surface area (Å²) in [5.74, 6) is -0.360. The number of amidine groups is 1. The van der Waals surface area contributed by atoms with Crippen LogP contribution in [0.5, 0.6) is 0 Å². The van der Waals surface area contributed by atoms with E-state index in [0.29, 0.717) is 6.61 Å². The maximum absolute atomic E-state index is 8.52. The highest BCUT2D eigenvalue weighted by Gasteiger charge is 2.11. The molecule has 0 heterocycles. The van der Waals surface area contributed by atoms with Crippen molar-refractivity contribution in [2.24, 2.45) is 21.5 Å². The Hall–Kier alpha value is -1.77. The summed E-state index contributed by atoms with van der Waals surface area (Å²) in [6, 6.07) is 1.65. The van der Waals surface area contributed by atoms with Crippen LogP contribution in [0.15, 0.2) is 10.3 Å². The van der Waals surface area contributed by atoms with Gasteiger partial charge in [-0.25, -0.2) is 0 Å². The minimum absolute atomic E-state index is 0.0603. The Bertz CT molecular complexity index is 283. The summed E-state index contributed by atoms with van der Waals surface area (Å²) in [6.07, 6.45) is 0. The maximum Gasteiger partial charge on any atom is 0.224 e. The van der Waals surface area contributed by atoms with Crippen LogP contribution in [0.2, 0.25) is 0 Å². The molecule has 0 amide bonds. The van der Waals surface area contributed by atoms with E-state index in [9.17, 15) is 0 Å². The van der Waals surface area contributed by atoms with Gasteiger partial charge in [0.05, 0.1) is 0 Å². The third-order valence-corrected chi connectivity index (χ3v) is 1.11. The summed E-state index contributed by atoms with van der Waals surface area (Å²) in [6.45, 7) is 6.21. The van der Waals surface area contributed by atoms with Gasteiger partial charge >= 0.3 is 0 Å². The molecule has 78 valence electrons. The molecule has 0 aliphatic carbocycles. The molecule has 6 heteroatoms. The minimum atomic E-state index is -0.360. The second kappa shape index (κ2) is 5.07. The Labute approximate surface area is 82.6 Å². The molecule has 0 aromatic carbocycles. The Kier molecular flexibility index (Phi) is 4.43. The molecule has 0 aliphatic heterocycles.